The molecular weight excluding hydrogens is 376 g/mol. The molecule has 11 heteroatoms. The van der Waals surface area contributed by atoms with Crippen molar-refractivity contribution in [1.29, 1.82) is 0 Å². The summed E-state index contributed by atoms with van der Waals surface area (Å²) in [5.41, 5.74) is 0.581. The summed E-state index contributed by atoms with van der Waals surface area (Å²) in [6.07, 6.45) is 5.45. The molecule has 1 aliphatic rings. The number of furan rings is 1. The van der Waals surface area contributed by atoms with Crippen LogP contribution >= 0.6 is 0 Å². The van der Waals surface area contributed by atoms with Gasteiger partial charge in [-0.2, -0.15) is 4.31 Å². The lowest BCUT2D eigenvalue weighted by Crippen LogP contribution is -2.46. The highest BCUT2D eigenvalue weighted by Gasteiger charge is 2.42. The summed E-state index contributed by atoms with van der Waals surface area (Å²) in [5.74, 6) is -2.21. The smallest absolute Gasteiger partial charge is 0.371 e. The van der Waals surface area contributed by atoms with Crippen LogP contribution in [0.1, 0.15) is 29.1 Å². The molecule has 1 N–H and O–H groups in total. The van der Waals surface area contributed by atoms with Crippen LogP contribution in [-0.2, 0) is 21.4 Å². The number of hydrogen-bond donors (Lipinski definition) is 1. The summed E-state index contributed by atoms with van der Waals surface area (Å²) >= 11 is 0. The normalized spacial score (nSPS) is 17.7. The van der Waals surface area contributed by atoms with Gasteiger partial charge in [0.2, 0.25) is 16.8 Å². The predicted molar refractivity (Wildman–Crippen MR) is 91.1 cm³/mol. The minimum Gasteiger partial charge on any atom is -0.475 e. The van der Waals surface area contributed by atoms with Crippen molar-refractivity contribution in [3.8, 4) is 0 Å². The van der Waals surface area contributed by atoms with Crippen molar-refractivity contribution in [1.82, 2.24) is 19.2 Å². The highest BCUT2D eigenvalue weighted by molar-refractivity contribution is 7.89. The van der Waals surface area contributed by atoms with Gasteiger partial charge in [0.25, 0.3) is 10.0 Å². The SMILES string of the molecule is CN(Cc1cnccn1)C(=O)C1CCCN1S(=O)(=O)c1ccc(C(=O)O)o1. The summed E-state index contributed by atoms with van der Waals surface area (Å²) in [6.45, 7) is 0.349. The zero-order valence-electron chi connectivity index (χ0n) is 14.5. The third kappa shape index (κ3) is 3.83. The van der Waals surface area contributed by atoms with E-state index in [2.05, 4.69) is 9.97 Å². The van der Waals surface area contributed by atoms with Gasteiger partial charge in [-0.05, 0) is 25.0 Å². The average molecular weight is 394 g/mol. The number of amides is 1. The quantitative estimate of drug-likeness (QED) is 0.752. The van der Waals surface area contributed by atoms with Crippen LogP contribution in [0.25, 0.3) is 0 Å². The number of hydrogen-bond acceptors (Lipinski definition) is 7. The molecule has 0 bridgehead atoms. The van der Waals surface area contributed by atoms with E-state index in [1.807, 2.05) is 0 Å². The molecule has 2 aromatic heterocycles. The number of aromatic carboxylic acids is 1. The zero-order chi connectivity index (χ0) is 19.6. The van der Waals surface area contributed by atoms with Gasteiger partial charge in [-0.3, -0.25) is 14.8 Å². The van der Waals surface area contributed by atoms with Gasteiger partial charge in [0, 0.05) is 26.0 Å². The molecule has 0 saturated carbocycles. The van der Waals surface area contributed by atoms with Gasteiger partial charge in [-0.25, -0.2) is 13.2 Å². The van der Waals surface area contributed by atoms with Crippen molar-refractivity contribution in [2.75, 3.05) is 13.6 Å². The molecule has 0 aromatic carbocycles. The number of rotatable bonds is 6. The van der Waals surface area contributed by atoms with E-state index in [9.17, 15) is 18.0 Å². The van der Waals surface area contributed by atoms with Gasteiger partial charge >= 0.3 is 5.97 Å². The van der Waals surface area contributed by atoms with Crippen LogP contribution in [0.2, 0.25) is 0 Å². The van der Waals surface area contributed by atoms with E-state index in [-0.39, 0.29) is 19.0 Å². The van der Waals surface area contributed by atoms with Gasteiger partial charge in [0.1, 0.15) is 6.04 Å². The molecule has 1 amide bonds. The topological polar surface area (TPSA) is 134 Å². The summed E-state index contributed by atoms with van der Waals surface area (Å²) < 4.78 is 31.6. The standard InChI is InChI=1S/C16H18N4O6S/c1-19(10-11-9-17-6-7-18-11)15(21)12-3-2-8-20(12)27(24,25)14-5-4-13(26-14)16(22)23/h4-7,9,12H,2-3,8,10H2,1H3,(H,22,23). The summed E-state index contributed by atoms with van der Waals surface area (Å²) in [7, 11) is -2.56. The number of aromatic nitrogens is 2. The molecule has 2 aromatic rings. The van der Waals surface area contributed by atoms with E-state index in [0.717, 1.165) is 16.4 Å². The van der Waals surface area contributed by atoms with E-state index in [1.54, 1.807) is 7.05 Å². The minimum atomic E-state index is -4.12. The Morgan fingerprint density at radius 3 is 2.78 bits per heavy atom. The molecular formula is C16H18N4O6S. The van der Waals surface area contributed by atoms with E-state index in [4.69, 9.17) is 9.52 Å². The van der Waals surface area contributed by atoms with Crippen molar-refractivity contribution in [3.05, 3.63) is 42.2 Å². The molecule has 144 valence electrons. The second kappa shape index (κ2) is 7.45. The Morgan fingerprint density at radius 2 is 2.15 bits per heavy atom. The largest absolute Gasteiger partial charge is 0.475 e. The Kier molecular flexibility index (Phi) is 5.24. The number of carbonyl (C=O) groups is 2. The van der Waals surface area contributed by atoms with Crippen molar-refractivity contribution in [2.24, 2.45) is 0 Å². The zero-order valence-corrected chi connectivity index (χ0v) is 15.3. The van der Waals surface area contributed by atoms with E-state index < -0.39 is 32.9 Å². The van der Waals surface area contributed by atoms with Gasteiger partial charge in [0.05, 0.1) is 18.4 Å². The number of nitrogens with zero attached hydrogens (tertiary/aromatic N) is 4. The lowest BCUT2D eigenvalue weighted by molar-refractivity contribution is -0.133. The Bertz CT molecular complexity index is 943. The number of sulfonamides is 1. The fraction of sp³-hybridized carbons (Fsp3) is 0.375. The molecule has 1 aliphatic heterocycles. The summed E-state index contributed by atoms with van der Waals surface area (Å²) in [6, 6.07) is 1.28. The Morgan fingerprint density at radius 1 is 1.37 bits per heavy atom. The Labute approximate surface area is 155 Å². The number of carbonyl (C=O) groups excluding carboxylic acids is 1. The molecule has 3 rings (SSSR count). The average Bonchev–Trinajstić information content (AvgIpc) is 3.32. The molecule has 1 atom stereocenters. The molecule has 1 saturated heterocycles. The maximum atomic E-state index is 12.8. The van der Waals surface area contributed by atoms with Crippen LogP contribution in [0.5, 0.6) is 0 Å². The van der Waals surface area contributed by atoms with Crippen molar-refractivity contribution in [3.63, 3.8) is 0 Å². The minimum absolute atomic E-state index is 0.154. The van der Waals surface area contributed by atoms with Crippen LogP contribution in [0.15, 0.2) is 40.2 Å². The van der Waals surface area contributed by atoms with Crippen LogP contribution in [0.4, 0.5) is 0 Å². The van der Waals surface area contributed by atoms with Crippen molar-refractivity contribution in [2.45, 2.75) is 30.5 Å². The van der Waals surface area contributed by atoms with Crippen LogP contribution in [0, 0.1) is 0 Å². The van der Waals surface area contributed by atoms with Gasteiger partial charge in [-0.15, -0.1) is 0 Å². The van der Waals surface area contributed by atoms with Crippen molar-refractivity contribution < 1.29 is 27.5 Å². The molecule has 10 nitrogen and oxygen atoms in total. The van der Waals surface area contributed by atoms with Crippen molar-refractivity contribution >= 4 is 21.9 Å². The highest BCUT2D eigenvalue weighted by Crippen LogP contribution is 2.28. The van der Waals surface area contributed by atoms with Gasteiger partial charge in [0.15, 0.2) is 0 Å². The molecule has 0 spiro atoms. The number of likely N-dealkylation sites (N-methyl/N-ethyl adjacent to an activating group) is 1. The van der Waals surface area contributed by atoms with Crippen LogP contribution in [0.3, 0.4) is 0 Å². The van der Waals surface area contributed by atoms with Crippen LogP contribution in [-0.4, -0.2) is 64.2 Å². The maximum absolute atomic E-state index is 12.8. The first-order chi connectivity index (χ1) is 12.8. The number of carboxylic acid groups (broad SMARTS) is 1. The molecule has 27 heavy (non-hydrogen) atoms. The number of carboxylic acids is 1. The first-order valence-electron chi connectivity index (χ1n) is 8.15. The molecule has 1 unspecified atom stereocenters. The fourth-order valence-corrected chi connectivity index (χ4v) is 4.52. The summed E-state index contributed by atoms with van der Waals surface area (Å²) in [5, 5.41) is 8.42. The molecule has 0 aliphatic carbocycles. The second-order valence-corrected chi connectivity index (χ2v) is 7.91. The lowest BCUT2D eigenvalue weighted by Gasteiger charge is -2.26. The molecule has 3 heterocycles. The second-order valence-electron chi connectivity index (χ2n) is 6.09. The first-order valence-corrected chi connectivity index (χ1v) is 9.59. The summed E-state index contributed by atoms with van der Waals surface area (Å²) in [4.78, 5) is 33.2. The Balaban J connectivity index is 1.79. The fourth-order valence-electron chi connectivity index (χ4n) is 2.95. The third-order valence-electron chi connectivity index (χ3n) is 4.24. The lowest BCUT2D eigenvalue weighted by atomic mass is 10.2. The monoisotopic (exact) mass is 394 g/mol. The van der Waals surface area contributed by atoms with E-state index in [1.165, 1.54) is 23.5 Å². The maximum Gasteiger partial charge on any atom is 0.371 e. The van der Waals surface area contributed by atoms with Crippen LogP contribution < -0.4 is 0 Å². The highest BCUT2D eigenvalue weighted by atomic mass is 32.2. The Hall–Kier alpha value is -2.79. The molecule has 0 radical (unpaired) electrons. The van der Waals surface area contributed by atoms with Gasteiger partial charge < -0.3 is 14.4 Å². The molecule has 1 fully saturated rings. The third-order valence-corrected chi connectivity index (χ3v) is 6.02. The van der Waals surface area contributed by atoms with E-state index in [0.29, 0.717) is 18.5 Å². The van der Waals surface area contributed by atoms with E-state index >= 15 is 0 Å². The predicted octanol–water partition coefficient (Wildman–Crippen LogP) is 0.579. The van der Waals surface area contributed by atoms with Gasteiger partial charge in [-0.1, -0.05) is 0 Å². The first kappa shape index (κ1) is 19.0.